The number of hydrogen-bond donors (Lipinski definition) is 2. The first-order chi connectivity index (χ1) is 30.5. The van der Waals surface area contributed by atoms with Crippen molar-refractivity contribution in [2.45, 2.75) is 161 Å². The topological polar surface area (TPSA) is 108 Å². The zero-order valence-corrected chi connectivity index (χ0v) is 41.1. The van der Waals surface area contributed by atoms with E-state index in [9.17, 15) is 19.4 Å². The molecule has 0 heterocycles. The number of unbranched alkanes of at least 4 members (excludes halogenated alkanes) is 8. The molecule has 0 aromatic heterocycles. The van der Waals surface area contributed by atoms with Crippen LogP contribution in [0.4, 0.5) is 0 Å². The Hall–Kier alpha value is -3.36. The van der Waals surface area contributed by atoms with E-state index in [1.807, 2.05) is 27.2 Å². The SMILES string of the molecule is CC/C=C\C/C=C\C/C=C\C/C=C\C/C=C\C/C=C\C/C=C\C/C=C\C/C=C\C/C=C\CCCCC(=O)NC(COP(=O)([O-])OCC[N+](C)(C)C)C(O)/C=C/CCCCCCCC. The molecule has 1 amide bonds. The molecular formula is C54H89N2O6P. The predicted molar refractivity (Wildman–Crippen MR) is 269 cm³/mol. The molecule has 356 valence electrons. The first-order valence-electron chi connectivity index (χ1n) is 24.0. The Labute approximate surface area is 386 Å². The van der Waals surface area contributed by atoms with Gasteiger partial charge in [0.1, 0.15) is 13.2 Å². The van der Waals surface area contributed by atoms with Crippen LogP contribution < -0.4 is 10.2 Å². The third-order valence-electron chi connectivity index (χ3n) is 9.62. The van der Waals surface area contributed by atoms with Crippen molar-refractivity contribution < 1.29 is 32.9 Å². The normalized spacial score (nSPS) is 15.3. The molecule has 0 fully saturated rings. The molecule has 3 unspecified atom stereocenters. The van der Waals surface area contributed by atoms with Gasteiger partial charge in [0.15, 0.2) is 0 Å². The Morgan fingerprint density at radius 3 is 1.41 bits per heavy atom. The molecular weight excluding hydrogens is 804 g/mol. The van der Waals surface area contributed by atoms with Crippen molar-refractivity contribution in [1.29, 1.82) is 0 Å². The number of phosphoric acid groups is 1. The van der Waals surface area contributed by atoms with Gasteiger partial charge in [-0.1, -0.05) is 180 Å². The quantitative estimate of drug-likeness (QED) is 0.0274. The summed E-state index contributed by atoms with van der Waals surface area (Å²) >= 11 is 0. The van der Waals surface area contributed by atoms with Crippen LogP contribution in [0.2, 0.25) is 0 Å². The van der Waals surface area contributed by atoms with Crippen molar-refractivity contribution in [1.82, 2.24) is 5.32 Å². The molecule has 0 aliphatic carbocycles. The molecule has 0 radical (unpaired) electrons. The van der Waals surface area contributed by atoms with Crippen molar-refractivity contribution in [2.75, 3.05) is 40.9 Å². The number of aliphatic hydroxyl groups excluding tert-OH is 1. The number of nitrogens with one attached hydrogen (secondary N) is 1. The van der Waals surface area contributed by atoms with Crippen molar-refractivity contribution in [3.05, 3.63) is 134 Å². The first-order valence-corrected chi connectivity index (χ1v) is 25.5. The largest absolute Gasteiger partial charge is 0.756 e. The van der Waals surface area contributed by atoms with Crippen LogP contribution in [0.15, 0.2) is 134 Å². The van der Waals surface area contributed by atoms with Gasteiger partial charge in [0.25, 0.3) is 7.82 Å². The average Bonchev–Trinajstić information content (AvgIpc) is 3.24. The van der Waals surface area contributed by atoms with Crippen molar-refractivity contribution in [2.24, 2.45) is 0 Å². The van der Waals surface area contributed by atoms with Crippen LogP contribution in [0.3, 0.4) is 0 Å². The number of phosphoric ester groups is 1. The van der Waals surface area contributed by atoms with E-state index in [0.29, 0.717) is 17.4 Å². The number of hydrogen-bond acceptors (Lipinski definition) is 6. The summed E-state index contributed by atoms with van der Waals surface area (Å²) in [5.41, 5.74) is 0. The zero-order valence-electron chi connectivity index (χ0n) is 40.2. The summed E-state index contributed by atoms with van der Waals surface area (Å²) in [4.78, 5) is 25.2. The van der Waals surface area contributed by atoms with E-state index >= 15 is 0 Å². The van der Waals surface area contributed by atoms with Crippen LogP contribution in [-0.2, 0) is 18.4 Å². The third-order valence-corrected chi connectivity index (χ3v) is 10.6. The van der Waals surface area contributed by atoms with E-state index in [1.165, 1.54) is 25.7 Å². The van der Waals surface area contributed by atoms with E-state index in [4.69, 9.17) is 9.05 Å². The van der Waals surface area contributed by atoms with Crippen LogP contribution >= 0.6 is 7.82 Å². The second-order valence-electron chi connectivity index (χ2n) is 16.7. The summed E-state index contributed by atoms with van der Waals surface area (Å²) in [5, 5.41) is 13.6. The van der Waals surface area contributed by atoms with E-state index < -0.39 is 26.6 Å². The van der Waals surface area contributed by atoms with Gasteiger partial charge in [0.2, 0.25) is 5.91 Å². The minimum atomic E-state index is -4.60. The minimum Gasteiger partial charge on any atom is -0.756 e. The van der Waals surface area contributed by atoms with E-state index in [2.05, 4.69) is 141 Å². The number of quaternary nitrogens is 1. The first kappa shape index (κ1) is 59.6. The summed E-state index contributed by atoms with van der Waals surface area (Å²) in [6.07, 6.45) is 66.8. The van der Waals surface area contributed by atoms with Gasteiger partial charge in [0.05, 0.1) is 39.9 Å². The van der Waals surface area contributed by atoms with Gasteiger partial charge in [0, 0.05) is 6.42 Å². The Bertz CT molecular complexity index is 1480. The van der Waals surface area contributed by atoms with Crippen molar-refractivity contribution in [3.63, 3.8) is 0 Å². The van der Waals surface area contributed by atoms with Crippen LogP contribution in [0.1, 0.15) is 149 Å². The highest BCUT2D eigenvalue weighted by Crippen LogP contribution is 2.38. The summed E-state index contributed by atoms with van der Waals surface area (Å²) in [6, 6.07) is -0.917. The maximum absolute atomic E-state index is 12.8. The number of amides is 1. The smallest absolute Gasteiger partial charge is 0.268 e. The second-order valence-corrected chi connectivity index (χ2v) is 18.1. The maximum atomic E-state index is 12.8. The number of likely N-dealkylation sites (N-methyl/N-ethyl adjacent to an activating group) is 1. The van der Waals surface area contributed by atoms with Gasteiger partial charge in [-0.25, -0.2) is 0 Å². The Balaban J connectivity index is 4.27. The zero-order chi connectivity index (χ0) is 46.4. The van der Waals surface area contributed by atoms with E-state index in [-0.39, 0.29) is 18.9 Å². The fourth-order valence-corrected chi connectivity index (χ4v) is 6.55. The number of allylic oxidation sites excluding steroid dienone is 21. The summed E-state index contributed by atoms with van der Waals surface area (Å²) in [7, 11) is 1.20. The third kappa shape index (κ3) is 46.4. The Kier molecular flexibility index (Phi) is 41.5. The van der Waals surface area contributed by atoms with Crippen LogP contribution in [-0.4, -0.2) is 68.5 Å². The maximum Gasteiger partial charge on any atom is 0.268 e. The Morgan fingerprint density at radius 1 is 0.571 bits per heavy atom. The molecule has 0 aromatic rings. The highest BCUT2D eigenvalue weighted by atomic mass is 31.2. The molecule has 0 aromatic carbocycles. The molecule has 63 heavy (non-hydrogen) atoms. The lowest BCUT2D eigenvalue weighted by Gasteiger charge is -2.29. The molecule has 3 atom stereocenters. The van der Waals surface area contributed by atoms with E-state index in [1.54, 1.807) is 6.08 Å². The number of rotatable bonds is 41. The molecule has 0 aliphatic heterocycles. The predicted octanol–water partition coefficient (Wildman–Crippen LogP) is 13.4. The van der Waals surface area contributed by atoms with Gasteiger partial charge in [-0.3, -0.25) is 9.36 Å². The van der Waals surface area contributed by atoms with Gasteiger partial charge < -0.3 is 28.8 Å². The molecule has 0 rings (SSSR count). The number of nitrogens with zero attached hydrogens (tertiary/aromatic N) is 1. The van der Waals surface area contributed by atoms with Gasteiger partial charge >= 0.3 is 0 Å². The van der Waals surface area contributed by atoms with Crippen LogP contribution in [0.25, 0.3) is 0 Å². The van der Waals surface area contributed by atoms with Gasteiger partial charge in [-0.2, -0.15) is 0 Å². The Morgan fingerprint density at radius 2 is 0.968 bits per heavy atom. The average molecular weight is 893 g/mol. The highest BCUT2D eigenvalue weighted by Gasteiger charge is 2.23. The van der Waals surface area contributed by atoms with Crippen molar-refractivity contribution in [3.8, 4) is 0 Å². The molecule has 0 aliphatic rings. The lowest BCUT2D eigenvalue weighted by atomic mass is 10.1. The van der Waals surface area contributed by atoms with Gasteiger partial charge in [-0.15, -0.1) is 0 Å². The molecule has 2 N–H and O–H groups in total. The molecule has 0 saturated carbocycles. The molecule has 0 saturated heterocycles. The lowest BCUT2D eigenvalue weighted by molar-refractivity contribution is -0.870. The number of carbonyl (C=O) groups excluding carboxylic acids is 1. The molecule has 9 heteroatoms. The van der Waals surface area contributed by atoms with Gasteiger partial charge in [-0.05, 0) is 96.3 Å². The number of aliphatic hydroxyl groups is 1. The molecule has 0 bridgehead atoms. The fourth-order valence-electron chi connectivity index (χ4n) is 5.82. The van der Waals surface area contributed by atoms with E-state index in [0.717, 1.165) is 96.3 Å². The van der Waals surface area contributed by atoms with Crippen molar-refractivity contribution >= 4 is 13.7 Å². The summed E-state index contributed by atoms with van der Waals surface area (Å²) < 4.78 is 23.1. The summed E-state index contributed by atoms with van der Waals surface area (Å²) in [6.45, 7) is 4.41. The molecule has 8 nitrogen and oxygen atoms in total. The monoisotopic (exact) mass is 893 g/mol. The second kappa shape index (κ2) is 43.9. The molecule has 0 spiro atoms. The highest BCUT2D eigenvalue weighted by molar-refractivity contribution is 7.45. The van der Waals surface area contributed by atoms with Crippen LogP contribution in [0, 0.1) is 0 Å². The number of carbonyl (C=O) groups is 1. The summed E-state index contributed by atoms with van der Waals surface area (Å²) in [5.74, 6) is -0.251. The van der Waals surface area contributed by atoms with Crippen LogP contribution in [0.5, 0.6) is 0 Å². The standard InChI is InChI=1S/C54H89N2O6P/c1-6-8-10-12-14-16-17-18-19-20-21-22-23-24-25-26-27-28-29-30-31-32-33-34-35-36-37-38-39-40-42-44-46-48-54(58)55-52(51-62-63(59,60)61-50-49-56(3,4)5)53(57)47-45-43-41-15-13-11-9-7-2/h8,10,14,16,18-19,21-22,24-25,27-28,30-31,33-34,36-37,39-40,45,47,52-53,57H,6-7,9,11-13,15,17,20,23,26,29,32,35,38,41-44,46,48-51H2,1-5H3,(H-,55,58,59,60)/b10-8-,16-14-,19-18-,22-21-,25-24-,28-27-,31-30-,34-33-,37-36-,40-39-,47-45+. The fraction of sp³-hybridized carbons (Fsp3) is 0.574. The minimum absolute atomic E-state index is 0.0180. The lowest BCUT2D eigenvalue weighted by Crippen LogP contribution is -2.45.